The molecule has 0 bridgehead atoms. The monoisotopic (exact) mass is 264 g/mol. The van der Waals surface area contributed by atoms with Gasteiger partial charge >= 0.3 is 0 Å². The van der Waals surface area contributed by atoms with Crippen molar-refractivity contribution in [3.8, 4) is 5.75 Å². The van der Waals surface area contributed by atoms with Crippen molar-refractivity contribution in [3.63, 3.8) is 0 Å². The molecule has 0 saturated carbocycles. The summed E-state index contributed by atoms with van der Waals surface area (Å²) < 4.78 is 5.37. The topological polar surface area (TPSA) is 26.3 Å². The van der Waals surface area contributed by atoms with E-state index in [9.17, 15) is 4.79 Å². The number of ketones is 1. The fraction of sp³-hybridized carbons (Fsp3) is 0.0556. The molecule has 2 heteroatoms. The van der Waals surface area contributed by atoms with E-state index >= 15 is 0 Å². The van der Waals surface area contributed by atoms with Crippen LogP contribution in [0, 0.1) is 0 Å². The number of hydrogen-bond donors (Lipinski definition) is 0. The van der Waals surface area contributed by atoms with Crippen LogP contribution in [-0.2, 0) is 0 Å². The molecule has 0 radical (unpaired) electrons. The van der Waals surface area contributed by atoms with Crippen LogP contribution in [0.3, 0.4) is 0 Å². The van der Waals surface area contributed by atoms with Gasteiger partial charge in [0.15, 0.2) is 5.78 Å². The van der Waals surface area contributed by atoms with Gasteiger partial charge in [-0.05, 0) is 35.9 Å². The molecule has 0 amide bonds. The molecule has 0 N–H and O–H groups in total. The van der Waals surface area contributed by atoms with E-state index in [0.29, 0.717) is 12.2 Å². The van der Waals surface area contributed by atoms with Crippen molar-refractivity contribution in [2.24, 2.45) is 0 Å². The van der Waals surface area contributed by atoms with Crippen LogP contribution >= 0.6 is 0 Å². The highest BCUT2D eigenvalue weighted by Gasteiger charge is 2.01. The van der Waals surface area contributed by atoms with E-state index in [1.165, 1.54) is 0 Å². The summed E-state index contributed by atoms with van der Waals surface area (Å²) >= 11 is 0. The van der Waals surface area contributed by atoms with Crippen LogP contribution in [-0.4, -0.2) is 12.4 Å². The van der Waals surface area contributed by atoms with Gasteiger partial charge in [0.05, 0.1) is 0 Å². The lowest BCUT2D eigenvalue weighted by Crippen LogP contribution is -1.96. The molecule has 0 aliphatic rings. The van der Waals surface area contributed by atoms with Gasteiger partial charge in [-0.25, -0.2) is 0 Å². The Morgan fingerprint density at radius 1 is 1.05 bits per heavy atom. The van der Waals surface area contributed by atoms with Crippen LogP contribution in [0.25, 0.3) is 6.08 Å². The van der Waals surface area contributed by atoms with Crippen LogP contribution < -0.4 is 4.74 Å². The maximum Gasteiger partial charge on any atom is 0.185 e. The van der Waals surface area contributed by atoms with Crippen molar-refractivity contribution in [2.45, 2.75) is 0 Å². The average Bonchev–Trinajstić information content (AvgIpc) is 2.52. The zero-order chi connectivity index (χ0) is 14.2. The van der Waals surface area contributed by atoms with E-state index in [-0.39, 0.29) is 5.78 Å². The molecule has 0 aromatic heterocycles. The fourth-order valence-corrected chi connectivity index (χ4v) is 1.70. The minimum Gasteiger partial charge on any atom is -0.490 e. The molecule has 2 aromatic rings. The van der Waals surface area contributed by atoms with Crippen LogP contribution in [0.2, 0.25) is 0 Å². The van der Waals surface area contributed by atoms with Crippen LogP contribution in [0.15, 0.2) is 73.3 Å². The summed E-state index contributed by atoms with van der Waals surface area (Å²) in [5.41, 5.74) is 1.65. The normalized spacial score (nSPS) is 10.4. The van der Waals surface area contributed by atoms with Crippen LogP contribution in [0.1, 0.15) is 15.9 Å². The highest BCUT2D eigenvalue weighted by atomic mass is 16.5. The molecule has 0 atom stereocenters. The molecule has 2 aromatic carbocycles. The highest BCUT2D eigenvalue weighted by Crippen LogP contribution is 2.13. The highest BCUT2D eigenvalue weighted by molar-refractivity contribution is 6.06. The van der Waals surface area contributed by atoms with Crippen molar-refractivity contribution in [2.75, 3.05) is 6.61 Å². The van der Waals surface area contributed by atoms with E-state index in [1.54, 1.807) is 36.4 Å². The van der Waals surface area contributed by atoms with Gasteiger partial charge in [0.25, 0.3) is 0 Å². The van der Waals surface area contributed by atoms with E-state index in [2.05, 4.69) is 6.58 Å². The first kappa shape index (κ1) is 13.8. The zero-order valence-electron chi connectivity index (χ0n) is 11.2. The third-order valence-electron chi connectivity index (χ3n) is 2.73. The fourth-order valence-electron chi connectivity index (χ4n) is 1.70. The predicted molar refractivity (Wildman–Crippen MR) is 81.9 cm³/mol. The molecular weight excluding hydrogens is 248 g/mol. The molecule has 0 spiro atoms. The van der Waals surface area contributed by atoms with E-state index < -0.39 is 0 Å². The number of carbonyl (C=O) groups excluding carboxylic acids is 1. The molecule has 0 unspecified atom stereocenters. The van der Waals surface area contributed by atoms with Gasteiger partial charge in [-0.1, -0.05) is 49.1 Å². The molecule has 0 aliphatic heterocycles. The van der Waals surface area contributed by atoms with Gasteiger partial charge in [0, 0.05) is 5.56 Å². The number of rotatable bonds is 6. The molecule has 0 saturated heterocycles. The van der Waals surface area contributed by atoms with E-state index in [0.717, 1.165) is 11.3 Å². The first-order chi connectivity index (χ1) is 9.79. The van der Waals surface area contributed by atoms with Gasteiger partial charge in [-0.3, -0.25) is 4.79 Å². The largest absolute Gasteiger partial charge is 0.490 e. The number of ether oxygens (including phenoxy) is 1. The quantitative estimate of drug-likeness (QED) is 0.445. The Morgan fingerprint density at radius 3 is 2.40 bits per heavy atom. The van der Waals surface area contributed by atoms with Crippen molar-refractivity contribution >= 4 is 11.9 Å². The van der Waals surface area contributed by atoms with Crippen molar-refractivity contribution in [1.82, 2.24) is 0 Å². The maximum absolute atomic E-state index is 12.0. The minimum atomic E-state index is -0.0240. The van der Waals surface area contributed by atoms with Gasteiger partial charge in [0.2, 0.25) is 0 Å². The molecule has 20 heavy (non-hydrogen) atoms. The maximum atomic E-state index is 12.0. The number of benzene rings is 2. The zero-order valence-corrected chi connectivity index (χ0v) is 11.2. The van der Waals surface area contributed by atoms with Crippen molar-refractivity contribution in [3.05, 3.63) is 84.5 Å². The molecule has 100 valence electrons. The van der Waals surface area contributed by atoms with Crippen molar-refractivity contribution in [1.29, 1.82) is 0 Å². The SMILES string of the molecule is C=CCOc1ccc(C(=O)/C=C/c2ccccc2)cc1. The summed E-state index contributed by atoms with van der Waals surface area (Å²) in [5.74, 6) is 0.706. The second kappa shape index (κ2) is 7.10. The van der Waals surface area contributed by atoms with Gasteiger partial charge in [0.1, 0.15) is 12.4 Å². The third kappa shape index (κ3) is 3.95. The standard InChI is InChI=1S/C18H16O2/c1-2-14-20-17-11-9-16(10-12-17)18(19)13-8-15-6-4-3-5-7-15/h2-13H,1,14H2/b13-8+. The van der Waals surface area contributed by atoms with Gasteiger partial charge in [-0.2, -0.15) is 0 Å². The summed E-state index contributed by atoms with van der Waals surface area (Å²) in [7, 11) is 0. The van der Waals surface area contributed by atoms with Gasteiger partial charge in [-0.15, -0.1) is 0 Å². The smallest absolute Gasteiger partial charge is 0.185 e. The van der Waals surface area contributed by atoms with Crippen molar-refractivity contribution < 1.29 is 9.53 Å². The predicted octanol–water partition coefficient (Wildman–Crippen LogP) is 4.15. The summed E-state index contributed by atoms with van der Waals surface area (Å²) in [6, 6.07) is 16.8. The average molecular weight is 264 g/mol. The Bertz CT molecular complexity index is 595. The summed E-state index contributed by atoms with van der Waals surface area (Å²) in [6.45, 7) is 4.05. The Kier molecular flexibility index (Phi) is 4.90. The third-order valence-corrected chi connectivity index (χ3v) is 2.73. The molecule has 2 rings (SSSR count). The Morgan fingerprint density at radius 2 is 1.75 bits per heavy atom. The Hall–Kier alpha value is -2.61. The lowest BCUT2D eigenvalue weighted by Gasteiger charge is -2.03. The Labute approximate surface area is 119 Å². The number of allylic oxidation sites excluding steroid dienone is 1. The molecule has 0 fully saturated rings. The van der Waals surface area contributed by atoms with E-state index in [4.69, 9.17) is 4.74 Å². The second-order valence-corrected chi connectivity index (χ2v) is 4.23. The van der Waals surface area contributed by atoms with E-state index in [1.807, 2.05) is 36.4 Å². The van der Waals surface area contributed by atoms with Crippen LogP contribution in [0.4, 0.5) is 0 Å². The lowest BCUT2D eigenvalue weighted by atomic mass is 10.1. The molecular formula is C18H16O2. The first-order valence-electron chi connectivity index (χ1n) is 6.41. The lowest BCUT2D eigenvalue weighted by molar-refractivity contribution is 0.104. The summed E-state index contributed by atoms with van der Waals surface area (Å²) in [6.07, 6.45) is 5.07. The Balaban J connectivity index is 2.02. The van der Waals surface area contributed by atoms with Crippen LogP contribution in [0.5, 0.6) is 5.75 Å². The molecule has 0 aliphatic carbocycles. The number of hydrogen-bond acceptors (Lipinski definition) is 2. The van der Waals surface area contributed by atoms with Gasteiger partial charge < -0.3 is 4.74 Å². The second-order valence-electron chi connectivity index (χ2n) is 4.23. The summed E-state index contributed by atoms with van der Waals surface area (Å²) in [5, 5.41) is 0. The number of carbonyl (C=O) groups is 1. The minimum absolute atomic E-state index is 0.0240. The first-order valence-corrected chi connectivity index (χ1v) is 6.41. The molecule has 0 heterocycles. The molecule has 2 nitrogen and oxygen atoms in total. The summed E-state index contributed by atoms with van der Waals surface area (Å²) in [4.78, 5) is 12.0.